The van der Waals surface area contributed by atoms with Crippen molar-refractivity contribution in [1.29, 1.82) is 0 Å². The van der Waals surface area contributed by atoms with Crippen LogP contribution in [0.3, 0.4) is 0 Å². The summed E-state index contributed by atoms with van der Waals surface area (Å²) in [6, 6.07) is 1.77. The summed E-state index contributed by atoms with van der Waals surface area (Å²) < 4.78 is 0. The lowest BCUT2D eigenvalue weighted by Crippen LogP contribution is -2.52. The summed E-state index contributed by atoms with van der Waals surface area (Å²) in [7, 11) is 0. The van der Waals surface area contributed by atoms with Crippen molar-refractivity contribution < 1.29 is 14.4 Å². The number of likely N-dealkylation sites (tertiary alicyclic amines) is 1. The van der Waals surface area contributed by atoms with Crippen molar-refractivity contribution >= 4 is 23.7 Å². The predicted octanol–water partition coefficient (Wildman–Crippen LogP) is 0.835. The number of imide groups is 1. The van der Waals surface area contributed by atoms with Gasteiger partial charge in [-0.25, -0.2) is 9.97 Å². The molecule has 144 valence electrons. The van der Waals surface area contributed by atoms with Gasteiger partial charge in [0.25, 0.3) is 0 Å². The van der Waals surface area contributed by atoms with Gasteiger partial charge in [0, 0.05) is 45.0 Å². The van der Waals surface area contributed by atoms with Gasteiger partial charge < -0.3 is 9.80 Å². The molecule has 1 aromatic rings. The Morgan fingerprint density at radius 2 is 1.67 bits per heavy atom. The Morgan fingerprint density at radius 3 is 2.33 bits per heavy atom. The zero-order chi connectivity index (χ0) is 18.9. The molecule has 27 heavy (non-hydrogen) atoms. The SMILES string of the molecule is O=C(CN1C(=O)CC2(CCCCC2)C1=O)N1CCN(c2ncccn2)CC1. The normalized spacial score (nSPS) is 22.6. The number of hydrogen-bond acceptors (Lipinski definition) is 6. The van der Waals surface area contributed by atoms with E-state index in [0.717, 1.165) is 32.1 Å². The van der Waals surface area contributed by atoms with Crippen molar-refractivity contribution in [2.75, 3.05) is 37.6 Å². The van der Waals surface area contributed by atoms with Gasteiger partial charge in [0.1, 0.15) is 6.54 Å². The van der Waals surface area contributed by atoms with Crippen LogP contribution in [0.4, 0.5) is 5.95 Å². The van der Waals surface area contributed by atoms with Gasteiger partial charge in [-0.2, -0.15) is 0 Å². The molecule has 3 fully saturated rings. The van der Waals surface area contributed by atoms with Crippen LogP contribution in [-0.2, 0) is 14.4 Å². The van der Waals surface area contributed by atoms with Crippen LogP contribution in [0.15, 0.2) is 18.5 Å². The van der Waals surface area contributed by atoms with Crippen molar-refractivity contribution in [3.05, 3.63) is 18.5 Å². The maximum atomic E-state index is 12.9. The summed E-state index contributed by atoms with van der Waals surface area (Å²) in [5, 5.41) is 0. The molecule has 0 unspecified atom stereocenters. The van der Waals surface area contributed by atoms with Crippen LogP contribution in [0.5, 0.6) is 0 Å². The zero-order valence-corrected chi connectivity index (χ0v) is 15.5. The van der Waals surface area contributed by atoms with Gasteiger partial charge in [0.2, 0.25) is 23.7 Å². The molecule has 1 aromatic heterocycles. The minimum absolute atomic E-state index is 0.124. The largest absolute Gasteiger partial charge is 0.338 e. The molecule has 4 rings (SSSR count). The van der Waals surface area contributed by atoms with Crippen molar-refractivity contribution in [1.82, 2.24) is 19.8 Å². The van der Waals surface area contributed by atoms with E-state index >= 15 is 0 Å². The Morgan fingerprint density at radius 1 is 1.00 bits per heavy atom. The van der Waals surface area contributed by atoms with Gasteiger partial charge >= 0.3 is 0 Å². The number of rotatable bonds is 3. The number of carbonyl (C=O) groups is 3. The number of amides is 3. The highest BCUT2D eigenvalue weighted by Gasteiger charge is 2.52. The van der Waals surface area contributed by atoms with Crippen molar-refractivity contribution in [2.24, 2.45) is 5.41 Å². The molecule has 3 amide bonds. The Hall–Kier alpha value is -2.51. The van der Waals surface area contributed by atoms with Gasteiger partial charge in [-0.3, -0.25) is 19.3 Å². The van der Waals surface area contributed by atoms with Crippen molar-refractivity contribution in [3.63, 3.8) is 0 Å². The van der Waals surface area contributed by atoms with Gasteiger partial charge in [0.15, 0.2) is 0 Å². The maximum Gasteiger partial charge on any atom is 0.242 e. The first-order chi connectivity index (χ1) is 13.1. The highest BCUT2D eigenvalue weighted by atomic mass is 16.2. The van der Waals surface area contributed by atoms with Crippen LogP contribution in [-0.4, -0.2) is 70.2 Å². The summed E-state index contributed by atoms with van der Waals surface area (Å²) in [6.07, 6.45) is 8.33. The predicted molar refractivity (Wildman–Crippen MR) is 97.7 cm³/mol. The molecule has 1 saturated carbocycles. The maximum absolute atomic E-state index is 12.9. The highest BCUT2D eigenvalue weighted by molar-refractivity contribution is 6.08. The Balaban J connectivity index is 1.34. The third-order valence-corrected chi connectivity index (χ3v) is 6.06. The fourth-order valence-electron chi connectivity index (χ4n) is 4.48. The number of aromatic nitrogens is 2. The summed E-state index contributed by atoms with van der Waals surface area (Å²) in [5.41, 5.74) is -0.529. The van der Waals surface area contributed by atoms with E-state index in [1.54, 1.807) is 23.4 Å². The van der Waals surface area contributed by atoms with E-state index in [4.69, 9.17) is 0 Å². The van der Waals surface area contributed by atoms with Gasteiger partial charge in [-0.05, 0) is 18.9 Å². The van der Waals surface area contributed by atoms with Gasteiger partial charge in [-0.15, -0.1) is 0 Å². The van der Waals surface area contributed by atoms with Crippen LogP contribution in [0.25, 0.3) is 0 Å². The molecule has 8 nitrogen and oxygen atoms in total. The summed E-state index contributed by atoms with van der Waals surface area (Å²) in [6.45, 7) is 2.24. The molecule has 1 aliphatic carbocycles. The third-order valence-electron chi connectivity index (χ3n) is 6.06. The molecular weight excluding hydrogens is 346 g/mol. The first-order valence-electron chi connectivity index (χ1n) is 9.74. The molecule has 0 radical (unpaired) electrons. The average Bonchev–Trinajstić information content (AvgIpc) is 2.93. The molecule has 0 bridgehead atoms. The van der Waals surface area contributed by atoms with Crippen LogP contribution in [0.1, 0.15) is 38.5 Å². The molecule has 1 spiro atoms. The fraction of sp³-hybridized carbons (Fsp3) is 0.632. The lowest BCUT2D eigenvalue weighted by atomic mass is 9.73. The second-order valence-corrected chi connectivity index (χ2v) is 7.72. The first kappa shape index (κ1) is 17.9. The first-order valence-corrected chi connectivity index (χ1v) is 9.74. The Kier molecular flexibility index (Phi) is 4.80. The van der Waals surface area contributed by atoms with Crippen LogP contribution < -0.4 is 4.90 Å². The monoisotopic (exact) mass is 371 g/mol. The molecule has 3 aliphatic rings. The number of piperazine rings is 1. The lowest BCUT2D eigenvalue weighted by Gasteiger charge is -2.35. The van der Waals surface area contributed by atoms with Crippen molar-refractivity contribution in [2.45, 2.75) is 38.5 Å². The molecule has 0 atom stereocenters. The molecule has 8 heteroatoms. The van der Waals surface area contributed by atoms with E-state index in [0.29, 0.717) is 32.1 Å². The second kappa shape index (κ2) is 7.25. The quantitative estimate of drug-likeness (QED) is 0.732. The number of anilines is 1. The van der Waals surface area contributed by atoms with E-state index in [9.17, 15) is 14.4 Å². The third kappa shape index (κ3) is 3.40. The van der Waals surface area contributed by atoms with Crippen LogP contribution >= 0.6 is 0 Å². The van der Waals surface area contributed by atoms with Crippen LogP contribution in [0, 0.1) is 5.41 Å². The smallest absolute Gasteiger partial charge is 0.242 e. The summed E-state index contributed by atoms with van der Waals surface area (Å²) in [5.74, 6) is 0.190. The summed E-state index contributed by atoms with van der Waals surface area (Å²) >= 11 is 0. The second-order valence-electron chi connectivity index (χ2n) is 7.72. The average molecular weight is 371 g/mol. The molecule has 0 aromatic carbocycles. The highest BCUT2D eigenvalue weighted by Crippen LogP contribution is 2.45. The Labute approximate surface area is 158 Å². The molecule has 2 saturated heterocycles. The standard InChI is InChI=1S/C19H25N5O3/c25-15-13-19(5-2-1-3-6-19)17(27)24(15)14-16(26)22-9-11-23(12-10-22)18-20-7-4-8-21-18/h4,7-8H,1-3,5-6,9-14H2. The van der Waals surface area contributed by atoms with Crippen LogP contribution in [0.2, 0.25) is 0 Å². The van der Waals surface area contributed by atoms with E-state index in [2.05, 4.69) is 9.97 Å². The van der Waals surface area contributed by atoms with Gasteiger partial charge in [0.05, 0.1) is 5.41 Å². The van der Waals surface area contributed by atoms with Gasteiger partial charge in [-0.1, -0.05) is 19.3 Å². The fourth-order valence-corrected chi connectivity index (χ4v) is 4.48. The molecule has 2 aliphatic heterocycles. The van der Waals surface area contributed by atoms with E-state index in [1.807, 2.05) is 4.90 Å². The number of carbonyl (C=O) groups excluding carboxylic acids is 3. The van der Waals surface area contributed by atoms with E-state index in [-0.39, 0.29) is 30.7 Å². The molecular formula is C19H25N5O3. The Bertz CT molecular complexity index is 724. The van der Waals surface area contributed by atoms with E-state index < -0.39 is 5.41 Å². The minimum Gasteiger partial charge on any atom is -0.338 e. The molecule has 0 N–H and O–H groups in total. The van der Waals surface area contributed by atoms with Crippen molar-refractivity contribution in [3.8, 4) is 0 Å². The zero-order valence-electron chi connectivity index (χ0n) is 15.5. The topological polar surface area (TPSA) is 86.7 Å². The van der Waals surface area contributed by atoms with E-state index in [1.165, 1.54) is 4.90 Å². The number of hydrogen-bond donors (Lipinski definition) is 0. The molecule has 3 heterocycles. The minimum atomic E-state index is -0.529. The summed E-state index contributed by atoms with van der Waals surface area (Å²) in [4.78, 5) is 51.4. The number of nitrogens with zero attached hydrogens (tertiary/aromatic N) is 5. The lowest BCUT2D eigenvalue weighted by molar-refractivity contribution is -0.148.